The molecule has 0 aliphatic carbocycles. The summed E-state index contributed by atoms with van der Waals surface area (Å²) < 4.78 is 5.55. The lowest BCUT2D eigenvalue weighted by Crippen LogP contribution is -2.57. The number of rotatable bonds is 3. The standard InChI is InChI=1S/C16H25ClN2O/c1-10(2)15-8-18-12(4)9-19(15)14-6-11(3)13(17)7-16(14)20-5/h6-7,10,12,15,18H,8-9H2,1-5H3. The van der Waals surface area contributed by atoms with Crippen LogP contribution in [0.5, 0.6) is 5.75 Å². The molecule has 112 valence electrons. The normalized spacial score (nSPS) is 23.2. The zero-order valence-electron chi connectivity index (χ0n) is 13.0. The van der Waals surface area contributed by atoms with Gasteiger partial charge in [-0.15, -0.1) is 0 Å². The van der Waals surface area contributed by atoms with Crippen molar-refractivity contribution in [2.75, 3.05) is 25.1 Å². The van der Waals surface area contributed by atoms with E-state index in [9.17, 15) is 0 Å². The Bertz CT molecular complexity index is 476. The number of benzene rings is 1. The van der Waals surface area contributed by atoms with E-state index in [1.807, 2.05) is 13.0 Å². The quantitative estimate of drug-likeness (QED) is 0.924. The first kappa shape index (κ1) is 15.5. The molecule has 1 N–H and O–H groups in total. The van der Waals surface area contributed by atoms with Crippen molar-refractivity contribution in [3.8, 4) is 5.75 Å². The van der Waals surface area contributed by atoms with Gasteiger partial charge in [0.25, 0.3) is 0 Å². The van der Waals surface area contributed by atoms with Crippen molar-refractivity contribution < 1.29 is 4.74 Å². The summed E-state index contributed by atoms with van der Waals surface area (Å²) in [5.74, 6) is 1.44. The number of nitrogens with one attached hydrogen (secondary N) is 1. The summed E-state index contributed by atoms with van der Waals surface area (Å²) >= 11 is 6.22. The molecule has 20 heavy (non-hydrogen) atoms. The molecule has 0 radical (unpaired) electrons. The number of hydrogen-bond donors (Lipinski definition) is 1. The van der Waals surface area contributed by atoms with Gasteiger partial charge in [0, 0.05) is 36.3 Å². The summed E-state index contributed by atoms with van der Waals surface area (Å²) in [7, 11) is 1.71. The smallest absolute Gasteiger partial charge is 0.143 e. The maximum absolute atomic E-state index is 6.22. The van der Waals surface area contributed by atoms with E-state index in [0.29, 0.717) is 18.0 Å². The van der Waals surface area contributed by atoms with Crippen LogP contribution in [0.2, 0.25) is 5.02 Å². The molecule has 0 amide bonds. The summed E-state index contributed by atoms with van der Waals surface area (Å²) in [6.45, 7) is 10.8. The summed E-state index contributed by atoms with van der Waals surface area (Å²) in [6, 6.07) is 5.02. The van der Waals surface area contributed by atoms with Crippen LogP contribution in [0.1, 0.15) is 26.3 Å². The van der Waals surface area contributed by atoms with Gasteiger partial charge in [0.1, 0.15) is 5.75 Å². The molecular weight excluding hydrogens is 272 g/mol. The SMILES string of the molecule is COc1cc(Cl)c(C)cc1N1CC(C)NCC1C(C)C. The molecule has 0 saturated carbocycles. The van der Waals surface area contributed by atoms with Crippen molar-refractivity contribution in [3.05, 3.63) is 22.7 Å². The molecule has 1 heterocycles. The van der Waals surface area contributed by atoms with Crippen LogP contribution in [0.4, 0.5) is 5.69 Å². The van der Waals surface area contributed by atoms with E-state index in [4.69, 9.17) is 16.3 Å². The molecule has 0 spiro atoms. The van der Waals surface area contributed by atoms with E-state index in [2.05, 4.69) is 37.1 Å². The van der Waals surface area contributed by atoms with Crippen LogP contribution >= 0.6 is 11.6 Å². The van der Waals surface area contributed by atoms with Gasteiger partial charge in [-0.05, 0) is 31.4 Å². The molecule has 0 bridgehead atoms. The third kappa shape index (κ3) is 3.04. The van der Waals surface area contributed by atoms with Crippen molar-refractivity contribution in [2.24, 2.45) is 5.92 Å². The van der Waals surface area contributed by atoms with Gasteiger partial charge in [0.05, 0.1) is 12.8 Å². The summed E-state index contributed by atoms with van der Waals surface area (Å²) in [5.41, 5.74) is 2.25. The second-order valence-electron chi connectivity index (χ2n) is 6.05. The van der Waals surface area contributed by atoms with E-state index >= 15 is 0 Å². The van der Waals surface area contributed by atoms with Gasteiger partial charge < -0.3 is 15.0 Å². The van der Waals surface area contributed by atoms with Crippen molar-refractivity contribution in [3.63, 3.8) is 0 Å². The van der Waals surface area contributed by atoms with Crippen LogP contribution in [0.25, 0.3) is 0 Å². The Labute approximate surface area is 127 Å². The van der Waals surface area contributed by atoms with Gasteiger partial charge in [-0.1, -0.05) is 25.4 Å². The van der Waals surface area contributed by atoms with Gasteiger partial charge in [0.2, 0.25) is 0 Å². The van der Waals surface area contributed by atoms with Gasteiger partial charge >= 0.3 is 0 Å². The maximum Gasteiger partial charge on any atom is 0.143 e. The number of piperazine rings is 1. The Morgan fingerprint density at radius 1 is 1.40 bits per heavy atom. The van der Waals surface area contributed by atoms with Gasteiger partial charge in [-0.3, -0.25) is 0 Å². The number of ether oxygens (including phenoxy) is 1. The lowest BCUT2D eigenvalue weighted by Gasteiger charge is -2.43. The third-order valence-corrected chi connectivity index (χ3v) is 4.49. The fourth-order valence-corrected chi connectivity index (χ4v) is 2.99. The molecule has 2 unspecified atom stereocenters. The first-order chi connectivity index (χ1) is 9.43. The second kappa shape index (κ2) is 6.23. The molecule has 2 atom stereocenters. The van der Waals surface area contributed by atoms with Gasteiger partial charge in [-0.25, -0.2) is 0 Å². The number of halogens is 1. The largest absolute Gasteiger partial charge is 0.495 e. The molecule has 1 saturated heterocycles. The molecule has 4 heteroatoms. The number of hydrogen-bond acceptors (Lipinski definition) is 3. The van der Waals surface area contributed by atoms with Crippen molar-refractivity contribution in [1.29, 1.82) is 0 Å². The second-order valence-corrected chi connectivity index (χ2v) is 6.45. The molecule has 1 aliphatic heterocycles. The first-order valence-electron chi connectivity index (χ1n) is 7.28. The molecule has 1 aliphatic rings. The topological polar surface area (TPSA) is 24.5 Å². The minimum atomic E-state index is 0.473. The van der Waals surface area contributed by atoms with Crippen LogP contribution in [-0.2, 0) is 0 Å². The predicted octanol–water partition coefficient (Wildman–Crippen LogP) is 3.48. The Morgan fingerprint density at radius 2 is 2.10 bits per heavy atom. The highest BCUT2D eigenvalue weighted by Gasteiger charge is 2.30. The Kier molecular flexibility index (Phi) is 4.82. The van der Waals surface area contributed by atoms with E-state index < -0.39 is 0 Å². The van der Waals surface area contributed by atoms with Crippen LogP contribution in [0.3, 0.4) is 0 Å². The minimum Gasteiger partial charge on any atom is -0.495 e. The Morgan fingerprint density at radius 3 is 2.70 bits per heavy atom. The van der Waals surface area contributed by atoms with E-state index in [0.717, 1.165) is 35.1 Å². The molecule has 1 aromatic carbocycles. The van der Waals surface area contributed by atoms with Crippen LogP contribution < -0.4 is 15.0 Å². The van der Waals surface area contributed by atoms with Crippen molar-refractivity contribution >= 4 is 17.3 Å². The van der Waals surface area contributed by atoms with Gasteiger partial charge in [-0.2, -0.15) is 0 Å². The number of nitrogens with zero attached hydrogens (tertiary/aromatic N) is 1. The lowest BCUT2D eigenvalue weighted by atomic mass is 9.97. The van der Waals surface area contributed by atoms with Crippen molar-refractivity contribution in [1.82, 2.24) is 5.32 Å². The lowest BCUT2D eigenvalue weighted by molar-refractivity contribution is 0.343. The zero-order chi connectivity index (χ0) is 14.9. The zero-order valence-corrected chi connectivity index (χ0v) is 13.8. The summed E-state index contributed by atoms with van der Waals surface area (Å²) in [4.78, 5) is 2.47. The monoisotopic (exact) mass is 296 g/mol. The Hall–Kier alpha value is -0.930. The molecule has 1 fully saturated rings. The van der Waals surface area contributed by atoms with E-state index in [1.165, 1.54) is 0 Å². The fourth-order valence-electron chi connectivity index (χ4n) is 2.84. The van der Waals surface area contributed by atoms with Crippen molar-refractivity contribution in [2.45, 2.75) is 39.8 Å². The highest BCUT2D eigenvalue weighted by molar-refractivity contribution is 6.31. The fraction of sp³-hybridized carbons (Fsp3) is 0.625. The van der Waals surface area contributed by atoms with Crippen LogP contribution in [-0.4, -0.2) is 32.3 Å². The molecular formula is C16H25ClN2O. The molecule has 0 aromatic heterocycles. The highest BCUT2D eigenvalue weighted by atomic mass is 35.5. The van der Waals surface area contributed by atoms with Crippen LogP contribution in [0.15, 0.2) is 12.1 Å². The van der Waals surface area contributed by atoms with Crippen LogP contribution in [0, 0.1) is 12.8 Å². The average Bonchev–Trinajstić information content (AvgIpc) is 2.40. The highest BCUT2D eigenvalue weighted by Crippen LogP contribution is 2.36. The first-order valence-corrected chi connectivity index (χ1v) is 7.66. The minimum absolute atomic E-state index is 0.473. The maximum atomic E-state index is 6.22. The number of aryl methyl sites for hydroxylation is 1. The predicted molar refractivity (Wildman–Crippen MR) is 86.2 cm³/mol. The summed E-state index contributed by atoms with van der Waals surface area (Å²) in [6.07, 6.45) is 0. The van der Waals surface area contributed by atoms with Gasteiger partial charge in [0.15, 0.2) is 0 Å². The van der Waals surface area contributed by atoms with E-state index in [1.54, 1.807) is 7.11 Å². The average molecular weight is 297 g/mol. The third-order valence-electron chi connectivity index (χ3n) is 4.09. The number of anilines is 1. The summed E-state index contributed by atoms with van der Waals surface area (Å²) in [5, 5.41) is 4.33. The molecule has 2 rings (SSSR count). The number of methoxy groups -OCH3 is 1. The Balaban J connectivity index is 2.43. The van der Waals surface area contributed by atoms with E-state index in [-0.39, 0.29) is 0 Å². The molecule has 3 nitrogen and oxygen atoms in total. The molecule has 1 aromatic rings.